The van der Waals surface area contributed by atoms with Crippen LogP contribution in [0.15, 0.2) is 41.8 Å². The van der Waals surface area contributed by atoms with Crippen LogP contribution in [0.1, 0.15) is 12.0 Å². The highest BCUT2D eigenvalue weighted by molar-refractivity contribution is 7.92. The number of alkyl carbamates (subject to hydrolysis) is 1. The maximum atomic E-state index is 12.4. The maximum absolute atomic E-state index is 12.4. The second kappa shape index (κ2) is 16.1. The van der Waals surface area contributed by atoms with Crippen molar-refractivity contribution >= 4 is 39.8 Å². The summed E-state index contributed by atoms with van der Waals surface area (Å²) in [5.74, 6) is -3.47. The van der Waals surface area contributed by atoms with Gasteiger partial charge in [-0.1, -0.05) is 30.3 Å². The zero-order valence-corrected chi connectivity index (χ0v) is 21.8. The molecule has 214 valence electrons. The van der Waals surface area contributed by atoms with E-state index in [0.717, 1.165) is 17.0 Å². The summed E-state index contributed by atoms with van der Waals surface area (Å²) in [7, 11) is -3.83. The van der Waals surface area contributed by atoms with E-state index in [4.69, 9.17) is 14.6 Å². The molecule has 0 aliphatic carbocycles. The Kier molecular flexibility index (Phi) is 12.8. The van der Waals surface area contributed by atoms with Gasteiger partial charge in [0.15, 0.2) is 0 Å². The molecular weight excluding hydrogens is 538 g/mol. The highest BCUT2D eigenvalue weighted by Crippen LogP contribution is 2.08. The topological polar surface area (TPSA) is 210 Å². The van der Waals surface area contributed by atoms with Crippen molar-refractivity contribution in [2.24, 2.45) is 0 Å². The average molecular weight is 570 g/mol. The van der Waals surface area contributed by atoms with Gasteiger partial charge in [0.2, 0.25) is 27.7 Å². The van der Waals surface area contributed by atoms with Gasteiger partial charge in [-0.05, 0) is 11.6 Å². The van der Waals surface area contributed by atoms with Crippen molar-refractivity contribution in [3.8, 4) is 0 Å². The molecule has 1 aromatic carbocycles. The Labute approximate surface area is 224 Å². The summed E-state index contributed by atoms with van der Waals surface area (Å²) in [4.78, 5) is 58.7. The number of morpholine rings is 1. The molecule has 16 heteroatoms. The summed E-state index contributed by atoms with van der Waals surface area (Å²) in [6, 6.07) is 7.75. The number of benzene rings is 1. The molecule has 0 spiro atoms. The second-order valence-corrected chi connectivity index (χ2v) is 9.94. The zero-order valence-electron chi connectivity index (χ0n) is 21.0. The van der Waals surface area contributed by atoms with Gasteiger partial charge in [0.25, 0.3) is 0 Å². The average Bonchev–Trinajstić information content (AvgIpc) is 2.92. The van der Waals surface area contributed by atoms with Crippen molar-refractivity contribution in [3.05, 3.63) is 47.4 Å². The number of carbonyl (C=O) groups excluding carboxylic acids is 4. The summed E-state index contributed by atoms with van der Waals surface area (Å²) in [6.45, 7) is -0.703. The van der Waals surface area contributed by atoms with Crippen LogP contribution in [0, 0.1) is 0 Å². The monoisotopic (exact) mass is 569 g/mol. The van der Waals surface area contributed by atoms with E-state index in [9.17, 15) is 32.4 Å². The highest BCUT2D eigenvalue weighted by Gasteiger charge is 2.23. The van der Waals surface area contributed by atoms with E-state index in [-0.39, 0.29) is 32.9 Å². The fraction of sp³-hybridized carbons (Fsp3) is 0.435. The largest absolute Gasteiger partial charge is 0.481 e. The van der Waals surface area contributed by atoms with Crippen molar-refractivity contribution in [2.75, 3.05) is 45.9 Å². The van der Waals surface area contributed by atoms with E-state index in [0.29, 0.717) is 0 Å². The first kappa shape index (κ1) is 31.2. The smallest absolute Gasteiger partial charge is 0.407 e. The molecule has 39 heavy (non-hydrogen) atoms. The number of nitrogens with one attached hydrogen (secondary N) is 4. The third kappa shape index (κ3) is 12.9. The minimum absolute atomic E-state index is 0.0194. The number of nitrogens with zero attached hydrogens (tertiary/aromatic N) is 1. The van der Waals surface area contributed by atoms with E-state index in [1.807, 2.05) is 6.07 Å². The molecule has 5 N–H and O–H groups in total. The lowest BCUT2D eigenvalue weighted by Gasteiger charge is -2.24. The minimum Gasteiger partial charge on any atom is -0.481 e. The van der Waals surface area contributed by atoms with Gasteiger partial charge in [0.1, 0.15) is 13.2 Å². The quantitative estimate of drug-likeness (QED) is 0.171. The third-order valence-corrected chi connectivity index (χ3v) is 6.64. The second-order valence-electron chi connectivity index (χ2n) is 8.13. The molecule has 1 aliphatic heterocycles. The van der Waals surface area contributed by atoms with Crippen LogP contribution in [-0.2, 0) is 45.3 Å². The van der Waals surface area contributed by atoms with Crippen LogP contribution in [0.25, 0.3) is 0 Å². The summed E-state index contributed by atoms with van der Waals surface area (Å²) >= 11 is 0. The minimum atomic E-state index is -3.83. The number of carbonyl (C=O) groups is 5. The summed E-state index contributed by atoms with van der Waals surface area (Å²) in [6.07, 6.45) is -0.361. The first-order valence-electron chi connectivity index (χ1n) is 11.8. The van der Waals surface area contributed by atoms with Crippen LogP contribution in [-0.4, -0.2) is 99.6 Å². The van der Waals surface area contributed by atoms with Crippen molar-refractivity contribution in [1.29, 1.82) is 0 Å². The molecule has 1 fully saturated rings. The van der Waals surface area contributed by atoms with Crippen LogP contribution in [0.2, 0.25) is 0 Å². The highest BCUT2D eigenvalue weighted by atomic mass is 32.2. The summed E-state index contributed by atoms with van der Waals surface area (Å²) < 4.78 is 36.0. The van der Waals surface area contributed by atoms with Crippen LogP contribution < -0.4 is 21.3 Å². The molecular formula is C23H31N5O10S. The molecule has 0 saturated carbocycles. The fourth-order valence-electron chi connectivity index (χ4n) is 3.10. The fourth-order valence-corrected chi connectivity index (χ4v) is 4.32. The van der Waals surface area contributed by atoms with E-state index in [1.54, 1.807) is 24.3 Å². The molecule has 0 unspecified atom stereocenters. The van der Waals surface area contributed by atoms with E-state index >= 15 is 0 Å². The maximum Gasteiger partial charge on any atom is 0.407 e. The number of carboxylic acids is 1. The Morgan fingerprint density at radius 1 is 0.949 bits per heavy atom. The number of hydrogen-bond acceptors (Lipinski definition) is 9. The third-order valence-electron chi connectivity index (χ3n) is 5.05. The molecule has 2 rings (SSSR count). The van der Waals surface area contributed by atoms with Crippen LogP contribution >= 0.6 is 0 Å². The Morgan fingerprint density at radius 3 is 2.15 bits per heavy atom. The van der Waals surface area contributed by atoms with Crippen molar-refractivity contribution < 1.29 is 47.0 Å². The number of aliphatic carboxylic acids is 1. The Hall–Kier alpha value is -4.02. The molecule has 1 heterocycles. The molecule has 1 saturated heterocycles. The molecule has 0 bridgehead atoms. The Bertz CT molecular complexity index is 1140. The van der Waals surface area contributed by atoms with Gasteiger partial charge in [-0.15, -0.1) is 0 Å². The lowest BCUT2D eigenvalue weighted by atomic mass is 10.2. The number of amides is 4. The van der Waals surface area contributed by atoms with Crippen LogP contribution in [0.3, 0.4) is 0 Å². The predicted molar refractivity (Wildman–Crippen MR) is 135 cm³/mol. The van der Waals surface area contributed by atoms with E-state index in [2.05, 4.69) is 21.3 Å². The number of rotatable bonds is 14. The molecule has 1 aliphatic rings. The number of ether oxygens (including phenoxy) is 2. The van der Waals surface area contributed by atoms with Crippen LogP contribution in [0.5, 0.6) is 0 Å². The van der Waals surface area contributed by atoms with Gasteiger partial charge in [-0.3, -0.25) is 19.2 Å². The summed E-state index contributed by atoms with van der Waals surface area (Å²) in [5, 5.41) is 18.9. The van der Waals surface area contributed by atoms with Gasteiger partial charge in [-0.2, -0.15) is 4.31 Å². The normalized spacial score (nSPS) is 14.7. The number of carboxylic acid groups (broad SMARTS) is 1. The Morgan fingerprint density at radius 2 is 1.54 bits per heavy atom. The van der Waals surface area contributed by atoms with E-state index in [1.165, 1.54) is 4.31 Å². The first-order valence-corrected chi connectivity index (χ1v) is 13.3. The van der Waals surface area contributed by atoms with Gasteiger partial charge >= 0.3 is 12.1 Å². The predicted octanol–water partition coefficient (Wildman–Crippen LogP) is -1.72. The standard InChI is InChI=1S/C23H31N5O10S/c29-19(13-24-20(30)14-26-23(34)38-16-17-4-2-1-3-5-17)25-15-21(31)27-18(12-22(32)33)6-11-39(35,36)28-7-9-37-10-8-28/h1-6,11,18H,7-10,12-16H2,(H,24,30)(H,25,29)(H,26,34)(H,27,31)(H,32,33)/b11-6+/t18-/m1/s1. The van der Waals surface area contributed by atoms with Crippen molar-refractivity contribution in [1.82, 2.24) is 25.6 Å². The summed E-state index contributed by atoms with van der Waals surface area (Å²) in [5.41, 5.74) is 0.765. The lowest BCUT2D eigenvalue weighted by Crippen LogP contribution is -2.46. The number of hydrogen-bond donors (Lipinski definition) is 5. The lowest BCUT2D eigenvalue weighted by molar-refractivity contribution is -0.137. The molecule has 4 amide bonds. The molecule has 1 aromatic rings. The zero-order chi connectivity index (χ0) is 28.7. The van der Waals surface area contributed by atoms with Crippen molar-refractivity contribution in [3.63, 3.8) is 0 Å². The van der Waals surface area contributed by atoms with Gasteiger partial charge in [0.05, 0.1) is 38.8 Å². The van der Waals surface area contributed by atoms with E-state index < -0.39 is 71.9 Å². The van der Waals surface area contributed by atoms with Gasteiger partial charge in [0, 0.05) is 18.5 Å². The van der Waals surface area contributed by atoms with Gasteiger partial charge < -0.3 is 35.8 Å². The molecule has 15 nitrogen and oxygen atoms in total. The van der Waals surface area contributed by atoms with Gasteiger partial charge in [-0.25, -0.2) is 13.2 Å². The van der Waals surface area contributed by atoms with Crippen LogP contribution in [0.4, 0.5) is 4.79 Å². The SMILES string of the molecule is O=C(O)C[C@@H](/C=C/S(=O)(=O)N1CCOCC1)NC(=O)CNC(=O)CNC(=O)CNC(=O)OCc1ccccc1. The Balaban J connectivity index is 1.69. The number of sulfonamides is 1. The van der Waals surface area contributed by atoms with Crippen molar-refractivity contribution in [2.45, 2.75) is 19.1 Å². The molecule has 0 radical (unpaired) electrons. The first-order chi connectivity index (χ1) is 18.5. The molecule has 0 aromatic heterocycles. The molecule has 1 atom stereocenters.